The number of aromatic nitrogens is 1. The van der Waals surface area contributed by atoms with Gasteiger partial charge in [-0.1, -0.05) is 13.3 Å². The SMILES string of the molecule is CCCCN(CC)c1cc([N+](=O)[O-])cc(NN)n1. The Labute approximate surface area is 106 Å². The number of nitrogens with one attached hydrogen (secondary N) is 1. The molecule has 0 aliphatic carbocycles. The van der Waals surface area contributed by atoms with E-state index < -0.39 is 4.92 Å². The molecule has 0 aliphatic heterocycles. The maximum atomic E-state index is 10.8. The van der Waals surface area contributed by atoms with E-state index in [0.717, 1.165) is 25.9 Å². The molecule has 0 aliphatic rings. The highest BCUT2D eigenvalue weighted by Crippen LogP contribution is 2.23. The average molecular weight is 253 g/mol. The smallest absolute Gasteiger partial charge is 0.276 e. The summed E-state index contributed by atoms with van der Waals surface area (Å²) in [6.45, 7) is 5.66. The minimum atomic E-state index is -0.445. The van der Waals surface area contributed by atoms with Gasteiger partial charge in [-0.25, -0.2) is 10.8 Å². The summed E-state index contributed by atoms with van der Waals surface area (Å²) in [6, 6.07) is 2.79. The van der Waals surface area contributed by atoms with Crippen molar-refractivity contribution in [3.8, 4) is 0 Å². The number of nitrogen functional groups attached to an aromatic ring is 1. The van der Waals surface area contributed by atoms with Crippen molar-refractivity contribution in [1.29, 1.82) is 0 Å². The number of hydrazine groups is 1. The molecule has 3 N–H and O–H groups in total. The van der Waals surface area contributed by atoms with E-state index in [1.807, 2.05) is 11.8 Å². The van der Waals surface area contributed by atoms with Gasteiger partial charge >= 0.3 is 0 Å². The van der Waals surface area contributed by atoms with E-state index >= 15 is 0 Å². The maximum Gasteiger partial charge on any atom is 0.276 e. The van der Waals surface area contributed by atoms with Crippen LogP contribution in [0.1, 0.15) is 26.7 Å². The Morgan fingerprint density at radius 2 is 2.22 bits per heavy atom. The molecule has 0 atom stereocenters. The van der Waals surface area contributed by atoms with E-state index in [1.165, 1.54) is 12.1 Å². The van der Waals surface area contributed by atoms with Gasteiger partial charge in [-0.2, -0.15) is 0 Å². The predicted molar refractivity (Wildman–Crippen MR) is 71.5 cm³/mol. The van der Waals surface area contributed by atoms with Crippen LogP contribution in [0, 0.1) is 10.1 Å². The summed E-state index contributed by atoms with van der Waals surface area (Å²) in [4.78, 5) is 16.6. The molecule has 0 unspecified atom stereocenters. The summed E-state index contributed by atoms with van der Waals surface area (Å²) in [5.74, 6) is 6.15. The molecule has 0 amide bonds. The first-order chi connectivity index (χ1) is 8.62. The molecule has 0 spiro atoms. The fourth-order valence-corrected chi connectivity index (χ4v) is 1.63. The predicted octanol–water partition coefficient (Wildman–Crippen LogP) is 1.90. The molecule has 1 rings (SSSR count). The van der Waals surface area contributed by atoms with E-state index in [0.29, 0.717) is 11.6 Å². The van der Waals surface area contributed by atoms with Crippen LogP contribution in [0.3, 0.4) is 0 Å². The van der Waals surface area contributed by atoms with Gasteiger partial charge in [0.1, 0.15) is 11.6 Å². The fraction of sp³-hybridized carbons (Fsp3) is 0.545. The summed E-state index contributed by atoms with van der Waals surface area (Å²) >= 11 is 0. The molecule has 0 aromatic carbocycles. The van der Waals surface area contributed by atoms with Gasteiger partial charge in [-0.15, -0.1) is 0 Å². The Kier molecular flexibility index (Phi) is 5.31. The lowest BCUT2D eigenvalue weighted by molar-refractivity contribution is -0.384. The topological polar surface area (TPSA) is 97.3 Å². The second-order valence-corrected chi connectivity index (χ2v) is 3.90. The molecule has 1 heterocycles. The first kappa shape index (κ1) is 14.2. The van der Waals surface area contributed by atoms with Crippen molar-refractivity contribution >= 4 is 17.3 Å². The standard InChI is InChI=1S/C11H19N5O2/c1-3-5-6-15(4-2)11-8-9(16(17)18)7-10(13-11)14-12/h7-8H,3-6,12H2,1-2H3,(H,13,14). The summed E-state index contributed by atoms with van der Waals surface area (Å²) < 4.78 is 0. The van der Waals surface area contributed by atoms with E-state index in [1.54, 1.807) is 0 Å². The summed E-state index contributed by atoms with van der Waals surface area (Å²) in [6.07, 6.45) is 2.08. The quantitative estimate of drug-likeness (QED) is 0.437. The van der Waals surface area contributed by atoms with Crippen molar-refractivity contribution in [2.75, 3.05) is 23.4 Å². The molecule has 1 aromatic rings. The van der Waals surface area contributed by atoms with Crippen LogP contribution in [0.5, 0.6) is 0 Å². The lowest BCUT2D eigenvalue weighted by Crippen LogP contribution is -2.25. The van der Waals surface area contributed by atoms with Gasteiger partial charge < -0.3 is 10.3 Å². The number of unbranched alkanes of at least 4 members (excludes halogenated alkanes) is 1. The number of rotatable bonds is 7. The number of nitrogens with zero attached hydrogens (tertiary/aromatic N) is 3. The monoisotopic (exact) mass is 253 g/mol. The Morgan fingerprint density at radius 3 is 2.72 bits per heavy atom. The highest BCUT2D eigenvalue weighted by atomic mass is 16.6. The van der Waals surface area contributed by atoms with E-state index in [4.69, 9.17) is 5.84 Å². The van der Waals surface area contributed by atoms with Gasteiger partial charge in [0.15, 0.2) is 0 Å². The van der Waals surface area contributed by atoms with Crippen molar-refractivity contribution in [1.82, 2.24) is 4.98 Å². The lowest BCUT2D eigenvalue weighted by atomic mass is 10.3. The van der Waals surface area contributed by atoms with Crippen LogP contribution in [-0.4, -0.2) is 23.0 Å². The van der Waals surface area contributed by atoms with Crippen LogP contribution < -0.4 is 16.2 Å². The zero-order valence-electron chi connectivity index (χ0n) is 10.7. The Balaban J connectivity index is 3.04. The van der Waals surface area contributed by atoms with Gasteiger partial charge in [0, 0.05) is 13.1 Å². The first-order valence-electron chi connectivity index (χ1n) is 6.00. The molecule has 0 bridgehead atoms. The number of nitrogens with two attached hydrogens (primary N) is 1. The number of nitro groups is 1. The van der Waals surface area contributed by atoms with Crippen molar-refractivity contribution < 1.29 is 4.92 Å². The average Bonchev–Trinajstić information content (AvgIpc) is 2.39. The number of pyridine rings is 1. The van der Waals surface area contributed by atoms with Crippen LogP contribution in [0.4, 0.5) is 17.3 Å². The third-order valence-electron chi connectivity index (χ3n) is 2.64. The van der Waals surface area contributed by atoms with Crippen LogP contribution in [0.15, 0.2) is 12.1 Å². The van der Waals surface area contributed by atoms with E-state index in [2.05, 4.69) is 17.3 Å². The first-order valence-corrected chi connectivity index (χ1v) is 6.00. The molecule has 100 valence electrons. The molecular weight excluding hydrogens is 234 g/mol. The molecule has 18 heavy (non-hydrogen) atoms. The summed E-state index contributed by atoms with van der Waals surface area (Å²) in [5, 5.41) is 10.8. The van der Waals surface area contributed by atoms with Crippen LogP contribution >= 0.6 is 0 Å². The van der Waals surface area contributed by atoms with Crippen molar-refractivity contribution in [2.24, 2.45) is 5.84 Å². The molecule has 0 radical (unpaired) electrons. The Bertz CT molecular complexity index is 410. The second kappa shape index (κ2) is 6.75. The molecule has 7 nitrogen and oxygen atoms in total. The zero-order valence-corrected chi connectivity index (χ0v) is 10.7. The molecule has 0 saturated carbocycles. The van der Waals surface area contributed by atoms with Crippen molar-refractivity contribution in [2.45, 2.75) is 26.7 Å². The minimum Gasteiger partial charge on any atom is -0.357 e. The highest BCUT2D eigenvalue weighted by molar-refractivity contribution is 5.55. The third-order valence-corrected chi connectivity index (χ3v) is 2.64. The zero-order chi connectivity index (χ0) is 13.5. The van der Waals surface area contributed by atoms with Crippen molar-refractivity contribution in [3.63, 3.8) is 0 Å². The van der Waals surface area contributed by atoms with Gasteiger partial charge in [0.25, 0.3) is 5.69 Å². The molecule has 0 saturated heterocycles. The molecule has 1 aromatic heterocycles. The van der Waals surface area contributed by atoms with Crippen LogP contribution in [-0.2, 0) is 0 Å². The van der Waals surface area contributed by atoms with Gasteiger partial charge in [-0.3, -0.25) is 10.1 Å². The fourth-order valence-electron chi connectivity index (χ4n) is 1.63. The van der Waals surface area contributed by atoms with E-state index in [9.17, 15) is 10.1 Å². The second-order valence-electron chi connectivity index (χ2n) is 3.90. The summed E-state index contributed by atoms with van der Waals surface area (Å²) in [5.41, 5.74) is 2.34. The van der Waals surface area contributed by atoms with Crippen molar-refractivity contribution in [3.05, 3.63) is 22.2 Å². The summed E-state index contributed by atoms with van der Waals surface area (Å²) in [7, 11) is 0. The van der Waals surface area contributed by atoms with Crippen LogP contribution in [0.25, 0.3) is 0 Å². The number of anilines is 2. The molecule has 0 fully saturated rings. The Morgan fingerprint density at radius 1 is 1.50 bits per heavy atom. The largest absolute Gasteiger partial charge is 0.357 e. The molecule has 7 heteroatoms. The van der Waals surface area contributed by atoms with E-state index in [-0.39, 0.29) is 5.69 Å². The number of hydrogen-bond acceptors (Lipinski definition) is 6. The Hall–Kier alpha value is -1.89. The van der Waals surface area contributed by atoms with Gasteiger partial charge in [-0.05, 0) is 13.3 Å². The number of hydrogen-bond donors (Lipinski definition) is 2. The normalized spacial score (nSPS) is 10.2. The molecular formula is C11H19N5O2. The van der Waals surface area contributed by atoms with Crippen LogP contribution in [0.2, 0.25) is 0 Å². The maximum absolute atomic E-state index is 10.8. The van der Waals surface area contributed by atoms with Gasteiger partial charge in [0.2, 0.25) is 0 Å². The van der Waals surface area contributed by atoms with Gasteiger partial charge in [0.05, 0.1) is 17.1 Å². The highest BCUT2D eigenvalue weighted by Gasteiger charge is 2.14. The minimum absolute atomic E-state index is 0.0112. The third kappa shape index (κ3) is 3.56. The lowest BCUT2D eigenvalue weighted by Gasteiger charge is -2.21.